The average Bonchev–Trinajstić information content (AvgIpc) is 3.12. The molecule has 0 aliphatic heterocycles. The fourth-order valence-corrected chi connectivity index (χ4v) is 8.80. The van der Waals surface area contributed by atoms with Gasteiger partial charge in [-0.1, -0.05) is 91.5 Å². The number of nitrogens with one attached hydrogen (secondary N) is 2. The molecule has 0 radical (unpaired) electrons. The zero-order chi connectivity index (χ0) is 35.4. The molecule has 6 rings (SSSR count). The van der Waals surface area contributed by atoms with Gasteiger partial charge in [0, 0.05) is 39.6 Å². The monoisotopic (exact) mass is 868 g/mol. The molecule has 0 aliphatic carbocycles. The number of fused-ring (bicyclic) bond motifs is 2. The van der Waals surface area contributed by atoms with Gasteiger partial charge in [-0.3, -0.25) is 9.59 Å². The van der Waals surface area contributed by atoms with Crippen LogP contribution >= 0.6 is 78.6 Å². The van der Waals surface area contributed by atoms with Gasteiger partial charge in [-0.2, -0.15) is 0 Å². The number of rotatable bonds is 11. The van der Waals surface area contributed by atoms with E-state index < -0.39 is 0 Å². The Labute approximate surface area is 324 Å². The molecule has 50 heavy (non-hydrogen) atoms. The lowest BCUT2D eigenvalue weighted by molar-refractivity contribution is -0.114. The van der Waals surface area contributed by atoms with Crippen LogP contribution < -0.4 is 20.1 Å². The molecule has 6 aromatic rings. The number of methoxy groups -OCH3 is 2. The molecule has 2 amide bonds. The summed E-state index contributed by atoms with van der Waals surface area (Å²) >= 11 is 23.0. The minimum absolute atomic E-state index is 0.180. The first-order valence-corrected chi connectivity index (χ1v) is 19.4. The summed E-state index contributed by atoms with van der Waals surface area (Å²) in [5.41, 5.74) is 2.79. The Kier molecular flexibility index (Phi) is 11.9. The van der Waals surface area contributed by atoms with Gasteiger partial charge in [0.15, 0.2) is 0 Å². The molecule has 0 heterocycles. The van der Waals surface area contributed by atoms with Crippen LogP contribution in [0.3, 0.4) is 0 Å². The predicted octanol–water partition coefficient (Wildman–Crippen LogP) is 12.0. The Hall–Kier alpha value is -3.38. The first-order valence-electron chi connectivity index (χ1n) is 15.1. The summed E-state index contributed by atoms with van der Waals surface area (Å²) in [7, 11) is 3.11. The third-order valence-corrected chi connectivity index (χ3v) is 11.9. The molecule has 0 atom stereocenters. The minimum Gasteiger partial charge on any atom is -0.495 e. The highest BCUT2D eigenvalue weighted by molar-refractivity contribution is 9.11. The predicted molar refractivity (Wildman–Crippen MR) is 217 cm³/mol. The highest BCUT2D eigenvalue weighted by Crippen LogP contribution is 2.40. The van der Waals surface area contributed by atoms with E-state index in [1.165, 1.54) is 23.5 Å². The second kappa shape index (κ2) is 16.3. The lowest BCUT2D eigenvalue weighted by Gasteiger charge is -2.15. The van der Waals surface area contributed by atoms with Gasteiger partial charge in [-0.15, -0.1) is 23.5 Å². The molecule has 0 saturated carbocycles. The molecule has 254 valence electrons. The van der Waals surface area contributed by atoms with Crippen LogP contribution in [0.25, 0.3) is 32.7 Å². The molecule has 0 aromatic heterocycles. The van der Waals surface area contributed by atoms with Crippen molar-refractivity contribution in [2.75, 3.05) is 36.4 Å². The second-order valence-electron chi connectivity index (χ2n) is 10.9. The number of anilines is 2. The van der Waals surface area contributed by atoms with E-state index in [0.717, 1.165) is 51.4 Å². The van der Waals surface area contributed by atoms with E-state index in [1.807, 2.05) is 84.9 Å². The first-order chi connectivity index (χ1) is 24.2. The SMILES string of the molecule is COc1cc(-c2ccc(NC(=O)CSc3ccc(Br)c4cccc(Cl)c34)c(OC)c2)ccc1NC(=O)CSc1ccc(Br)c2cccc(Cl)c12. The van der Waals surface area contributed by atoms with Gasteiger partial charge in [0.1, 0.15) is 11.5 Å². The van der Waals surface area contributed by atoms with E-state index >= 15 is 0 Å². The molecule has 0 fully saturated rings. The summed E-state index contributed by atoms with van der Waals surface area (Å²) in [5, 5.41) is 11.0. The molecule has 0 saturated heterocycles. The number of benzene rings is 6. The fourth-order valence-electron chi connectivity index (χ4n) is 5.44. The minimum atomic E-state index is -0.180. The van der Waals surface area contributed by atoms with Crippen molar-refractivity contribution in [2.45, 2.75) is 9.79 Å². The van der Waals surface area contributed by atoms with Crippen LogP contribution in [0, 0.1) is 0 Å². The van der Waals surface area contributed by atoms with Crippen molar-refractivity contribution >= 4 is 123 Å². The Morgan fingerprint density at radius 3 is 1.44 bits per heavy atom. The quantitative estimate of drug-likeness (QED) is 0.126. The molecule has 12 heteroatoms. The van der Waals surface area contributed by atoms with E-state index in [0.29, 0.717) is 32.9 Å². The Morgan fingerprint density at radius 1 is 0.620 bits per heavy atom. The van der Waals surface area contributed by atoms with Gasteiger partial charge in [-0.25, -0.2) is 0 Å². The molecular weight excluding hydrogens is 843 g/mol. The maximum Gasteiger partial charge on any atom is 0.234 e. The zero-order valence-corrected chi connectivity index (χ0v) is 32.9. The molecule has 0 aliphatic rings. The smallest absolute Gasteiger partial charge is 0.234 e. The summed E-state index contributed by atoms with van der Waals surface area (Å²) in [6.07, 6.45) is 0. The number of halogens is 4. The summed E-state index contributed by atoms with van der Waals surface area (Å²) in [5.74, 6) is 1.02. The van der Waals surface area contributed by atoms with Gasteiger partial charge in [0.05, 0.1) is 37.1 Å². The third kappa shape index (κ3) is 8.06. The first kappa shape index (κ1) is 36.4. The third-order valence-electron chi connectivity index (χ3n) is 7.80. The molecule has 6 nitrogen and oxygen atoms in total. The van der Waals surface area contributed by atoms with Crippen molar-refractivity contribution in [1.82, 2.24) is 0 Å². The highest BCUT2D eigenvalue weighted by Gasteiger charge is 2.16. The van der Waals surface area contributed by atoms with Crippen molar-refractivity contribution in [3.05, 3.63) is 116 Å². The van der Waals surface area contributed by atoms with Crippen molar-refractivity contribution in [3.63, 3.8) is 0 Å². The second-order valence-corrected chi connectivity index (χ2v) is 15.5. The van der Waals surface area contributed by atoms with Crippen LogP contribution in [0.5, 0.6) is 11.5 Å². The number of hydrogen-bond donors (Lipinski definition) is 2. The average molecular weight is 871 g/mol. The Morgan fingerprint density at radius 2 is 1.04 bits per heavy atom. The van der Waals surface area contributed by atoms with Gasteiger partial charge < -0.3 is 20.1 Å². The number of ether oxygens (including phenoxy) is 2. The Bertz CT molecular complexity index is 2110. The number of amides is 2. The van der Waals surface area contributed by atoms with Crippen LogP contribution in [-0.4, -0.2) is 37.5 Å². The van der Waals surface area contributed by atoms with Crippen molar-refractivity contribution in [1.29, 1.82) is 0 Å². The van der Waals surface area contributed by atoms with Crippen LogP contribution in [-0.2, 0) is 9.59 Å². The van der Waals surface area contributed by atoms with Crippen LogP contribution in [0.4, 0.5) is 11.4 Å². The summed E-state index contributed by atoms with van der Waals surface area (Å²) in [4.78, 5) is 27.9. The van der Waals surface area contributed by atoms with E-state index in [-0.39, 0.29) is 23.3 Å². The van der Waals surface area contributed by atoms with Gasteiger partial charge in [0.25, 0.3) is 0 Å². The largest absolute Gasteiger partial charge is 0.495 e. The maximum absolute atomic E-state index is 13.0. The normalized spacial score (nSPS) is 11.1. The summed E-state index contributed by atoms with van der Waals surface area (Å²) in [6.45, 7) is 0. The number of carbonyl (C=O) groups is 2. The highest BCUT2D eigenvalue weighted by atomic mass is 79.9. The number of thioether (sulfide) groups is 2. The summed E-state index contributed by atoms with van der Waals surface area (Å²) in [6, 6.07) is 30.4. The van der Waals surface area contributed by atoms with Crippen LogP contribution in [0.2, 0.25) is 10.0 Å². The lowest BCUT2D eigenvalue weighted by atomic mass is 10.0. The molecular formula is C38H28Br2Cl2N2O4S2. The number of carbonyl (C=O) groups excluding carboxylic acids is 2. The molecule has 0 spiro atoms. The maximum atomic E-state index is 13.0. The van der Waals surface area contributed by atoms with Gasteiger partial charge in [0.2, 0.25) is 11.8 Å². The topological polar surface area (TPSA) is 76.7 Å². The Balaban J connectivity index is 1.11. The van der Waals surface area contributed by atoms with E-state index in [4.69, 9.17) is 32.7 Å². The van der Waals surface area contributed by atoms with Crippen molar-refractivity contribution in [2.24, 2.45) is 0 Å². The van der Waals surface area contributed by atoms with Crippen molar-refractivity contribution < 1.29 is 19.1 Å². The van der Waals surface area contributed by atoms with Gasteiger partial charge in [-0.05, 0) is 82.6 Å². The van der Waals surface area contributed by atoms with Crippen LogP contribution in [0.1, 0.15) is 0 Å². The standard InChI is InChI=1S/C38H28Br2Cl2N2O4S2/c1-47-31-17-21(9-13-29(31)43-35(45)19-49-33-15-11-25(39)23-5-3-7-27(41)37(23)33)22-10-14-30(32(18-22)48-2)44-36(46)20-50-34-16-12-26(40)24-6-4-8-28(42)38(24)34/h3-18H,19-20H2,1-2H3,(H,43,45)(H,44,46). The molecule has 6 aromatic carbocycles. The van der Waals surface area contributed by atoms with E-state index in [2.05, 4.69) is 42.5 Å². The van der Waals surface area contributed by atoms with E-state index in [1.54, 1.807) is 26.4 Å². The molecule has 2 N–H and O–H groups in total. The lowest BCUT2D eigenvalue weighted by Crippen LogP contribution is -2.15. The fraction of sp³-hybridized carbons (Fsp3) is 0.105. The van der Waals surface area contributed by atoms with E-state index in [9.17, 15) is 9.59 Å². The van der Waals surface area contributed by atoms with Gasteiger partial charge >= 0.3 is 0 Å². The summed E-state index contributed by atoms with van der Waals surface area (Å²) < 4.78 is 13.2. The van der Waals surface area contributed by atoms with Crippen LogP contribution in [0.15, 0.2) is 116 Å². The van der Waals surface area contributed by atoms with Crippen molar-refractivity contribution in [3.8, 4) is 22.6 Å². The number of hydrogen-bond acceptors (Lipinski definition) is 6. The molecule has 0 unspecified atom stereocenters. The zero-order valence-electron chi connectivity index (χ0n) is 26.6. The molecule has 0 bridgehead atoms.